The first kappa shape index (κ1) is 11.3. The monoisotopic (exact) mass is 243 g/mol. The van der Waals surface area contributed by atoms with Crippen LogP contribution in [0.1, 0.15) is 22.5 Å². The van der Waals surface area contributed by atoms with E-state index >= 15 is 0 Å². The van der Waals surface area contributed by atoms with Crippen LogP contribution >= 0.6 is 23.2 Å². The van der Waals surface area contributed by atoms with Gasteiger partial charge in [-0.1, -0.05) is 11.6 Å². The number of hydrogen-bond acceptors (Lipinski definition) is 2. The van der Waals surface area contributed by atoms with Crippen LogP contribution in [-0.4, -0.2) is 10.2 Å². The lowest BCUT2D eigenvalue weighted by atomic mass is 10.2. The van der Waals surface area contributed by atoms with Gasteiger partial charge in [-0.05, 0) is 17.7 Å². The van der Waals surface area contributed by atoms with E-state index in [2.05, 4.69) is 4.98 Å². The Bertz CT molecular complexity index is 383. The van der Waals surface area contributed by atoms with Crippen molar-refractivity contribution in [1.82, 2.24) is 4.98 Å². The Morgan fingerprint density at radius 1 is 1.50 bits per heavy atom. The van der Waals surface area contributed by atoms with Gasteiger partial charge < -0.3 is 0 Å². The lowest BCUT2D eigenvalue weighted by Gasteiger charge is -2.04. The topological polar surface area (TPSA) is 30.0 Å². The van der Waals surface area contributed by atoms with Crippen LogP contribution in [0, 0.1) is 5.95 Å². The number of carbonyl (C=O) groups excluding carboxylic acids is 1. The quantitative estimate of drug-likeness (QED) is 0.590. The Morgan fingerprint density at radius 2 is 2.07 bits per heavy atom. The fourth-order valence-electron chi connectivity index (χ4n) is 0.803. The highest BCUT2D eigenvalue weighted by atomic mass is 35.5. The Hall–Kier alpha value is -0.810. The summed E-state index contributed by atoms with van der Waals surface area (Å²) in [6.07, 6.45) is -3.08. The molecular formula is C7H2Cl2F3NO. The minimum atomic E-state index is -3.08. The van der Waals surface area contributed by atoms with Crippen molar-refractivity contribution in [2.75, 3.05) is 0 Å². The summed E-state index contributed by atoms with van der Waals surface area (Å²) >= 11 is 10.2. The molecule has 0 spiro atoms. The molecule has 0 amide bonds. The molecule has 1 rings (SSSR count). The maximum absolute atomic E-state index is 12.7. The summed E-state index contributed by atoms with van der Waals surface area (Å²) in [6.45, 7) is 0. The number of hydrogen-bond donors (Lipinski definition) is 0. The number of alkyl halides is 2. The number of rotatable bonds is 2. The largest absolute Gasteiger partial charge is 0.281 e. The highest BCUT2D eigenvalue weighted by molar-refractivity contribution is 6.68. The number of halogens is 5. The summed E-state index contributed by atoms with van der Waals surface area (Å²) in [5.41, 5.74) is -1.60. The van der Waals surface area contributed by atoms with Crippen molar-refractivity contribution in [3.8, 4) is 0 Å². The van der Waals surface area contributed by atoms with E-state index in [-0.39, 0.29) is 0 Å². The molecule has 1 aromatic rings. The van der Waals surface area contributed by atoms with Crippen LogP contribution in [0.2, 0.25) is 5.02 Å². The van der Waals surface area contributed by atoms with Crippen molar-refractivity contribution in [3.63, 3.8) is 0 Å². The van der Waals surface area contributed by atoms with Crippen molar-refractivity contribution in [1.29, 1.82) is 0 Å². The second-order valence-electron chi connectivity index (χ2n) is 2.27. The van der Waals surface area contributed by atoms with Gasteiger partial charge in [-0.3, -0.25) is 4.79 Å². The molecular weight excluding hydrogens is 242 g/mol. The zero-order valence-corrected chi connectivity index (χ0v) is 7.91. The lowest BCUT2D eigenvalue weighted by molar-refractivity contribution is 0.106. The van der Waals surface area contributed by atoms with E-state index in [1.165, 1.54) is 0 Å². The van der Waals surface area contributed by atoms with E-state index < -0.39 is 33.9 Å². The molecule has 2 nitrogen and oxygen atoms in total. The predicted octanol–water partition coefficient (Wildman–Crippen LogP) is 3.19. The Morgan fingerprint density at radius 3 is 2.50 bits per heavy atom. The van der Waals surface area contributed by atoms with Crippen LogP contribution in [0.4, 0.5) is 13.2 Å². The van der Waals surface area contributed by atoms with E-state index in [4.69, 9.17) is 23.2 Å². The van der Waals surface area contributed by atoms with Crippen LogP contribution in [0.5, 0.6) is 0 Å². The van der Waals surface area contributed by atoms with Crippen LogP contribution in [0.25, 0.3) is 0 Å². The summed E-state index contributed by atoms with van der Waals surface area (Å²) in [6, 6.07) is 0.723. The van der Waals surface area contributed by atoms with E-state index in [1.807, 2.05) is 0 Å². The predicted molar refractivity (Wildman–Crippen MR) is 44.3 cm³/mol. The van der Waals surface area contributed by atoms with Gasteiger partial charge >= 0.3 is 0 Å². The number of carbonyl (C=O) groups is 1. The van der Waals surface area contributed by atoms with Gasteiger partial charge in [0.1, 0.15) is 5.69 Å². The molecule has 0 fully saturated rings. The van der Waals surface area contributed by atoms with Crippen molar-refractivity contribution in [2.45, 2.75) is 6.43 Å². The van der Waals surface area contributed by atoms with E-state index in [0.29, 0.717) is 0 Å². The van der Waals surface area contributed by atoms with E-state index in [9.17, 15) is 18.0 Å². The summed E-state index contributed by atoms with van der Waals surface area (Å²) in [7, 11) is 0. The highest BCUT2D eigenvalue weighted by Gasteiger charge is 2.21. The first-order valence-electron chi connectivity index (χ1n) is 3.27. The molecule has 0 aliphatic heterocycles. The van der Waals surface area contributed by atoms with Crippen molar-refractivity contribution in [3.05, 3.63) is 28.3 Å². The second-order valence-corrected chi connectivity index (χ2v) is 3.02. The molecule has 14 heavy (non-hydrogen) atoms. The zero-order valence-electron chi connectivity index (χ0n) is 6.40. The van der Waals surface area contributed by atoms with Gasteiger partial charge in [0.05, 0.1) is 10.6 Å². The van der Waals surface area contributed by atoms with Gasteiger partial charge in [0.25, 0.3) is 11.7 Å². The smallest absolute Gasteiger partial charge is 0.276 e. The third-order valence-corrected chi connectivity index (χ3v) is 1.85. The lowest BCUT2D eigenvalue weighted by Crippen LogP contribution is -2.04. The molecule has 76 valence electrons. The molecule has 0 saturated heterocycles. The number of pyridine rings is 1. The van der Waals surface area contributed by atoms with Crippen molar-refractivity contribution < 1.29 is 18.0 Å². The molecule has 7 heteroatoms. The summed E-state index contributed by atoms with van der Waals surface area (Å²) in [4.78, 5) is 13.5. The minimum absolute atomic E-state index is 0.529. The Labute approximate surface area is 86.6 Å². The normalized spacial score (nSPS) is 10.7. The van der Waals surface area contributed by atoms with Gasteiger partial charge in [0.15, 0.2) is 0 Å². The molecule has 0 aromatic carbocycles. The van der Waals surface area contributed by atoms with Gasteiger partial charge in [0, 0.05) is 0 Å². The average molecular weight is 244 g/mol. The SMILES string of the molecule is O=C(Cl)c1cc(Cl)c(F)nc1C(F)F. The van der Waals surface area contributed by atoms with E-state index in [1.54, 1.807) is 0 Å². The molecule has 1 heterocycles. The number of aromatic nitrogens is 1. The molecule has 0 bridgehead atoms. The van der Waals surface area contributed by atoms with Gasteiger partial charge in [-0.25, -0.2) is 13.8 Å². The second kappa shape index (κ2) is 4.14. The first-order chi connectivity index (χ1) is 6.43. The van der Waals surface area contributed by atoms with Gasteiger partial charge in [0.2, 0.25) is 5.95 Å². The average Bonchev–Trinajstić information content (AvgIpc) is 2.08. The van der Waals surface area contributed by atoms with Crippen LogP contribution in [-0.2, 0) is 0 Å². The Balaban J connectivity index is 3.39. The van der Waals surface area contributed by atoms with Crippen LogP contribution in [0.3, 0.4) is 0 Å². The van der Waals surface area contributed by atoms with Crippen molar-refractivity contribution >= 4 is 28.4 Å². The maximum Gasteiger partial charge on any atom is 0.281 e. The van der Waals surface area contributed by atoms with Gasteiger partial charge in [-0.2, -0.15) is 4.39 Å². The van der Waals surface area contributed by atoms with Crippen LogP contribution < -0.4 is 0 Å². The molecule has 0 saturated carbocycles. The minimum Gasteiger partial charge on any atom is -0.276 e. The standard InChI is InChI=1S/C7H2Cl2F3NO/c8-3-1-2(5(9)14)4(6(10)11)13-7(3)12/h1,6H. The van der Waals surface area contributed by atoms with Crippen molar-refractivity contribution in [2.24, 2.45) is 0 Å². The maximum atomic E-state index is 12.7. The summed E-state index contributed by atoms with van der Waals surface area (Å²) in [5, 5.41) is -1.69. The third-order valence-electron chi connectivity index (χ3n) is 1.38. The fourth-order valence-corrected chi connectivity index (χ4v) is 1.11. The summed E-state index contributed by atoms with van der Waals surface area (Å²) in [5.74, 6) is -1.26. The van der Waals surface area contributed by atoms with Crippen LogP contribution in [0.15, 0.2) is 6.07 Å². The first-order valence-corrected chi connectivity index (χ1v) is 4.03. The fraction of sp³-hybridized carbons (Fsp3) is 0.143. The molecule has 0 unspecified atom stereocenters. The zero-order chi connectivity index (χ0) is 10.9. The van der Waals surface area contributed by atoms with Gasteiger partial charge in [-0.15, -0.1) is 0 Å². The molecule has 1 aromatic heterocycles. The highest BCUT2D eigenvalue weighted by Crippen LogP contribution is 2.26. The summed E-state index contributed by atoms with van der Waals surface area (Å²) < 4.78 is 37.1. The molecule has 0 aliphatic carbocycles. The third kappa shape index (κ3) is 2.16. The van der Waals surface area contributed by atoms with E-state index in [0.717, 1.165) is 6.07 Å². The molecule has 0 radical (unpaired) electrons. The number of nitrogens with zero attached hydrogens (tertiary/aromatic N) is 1. The molecule has 0 N–H and O–H groups in total. The Kier molecular flexibility index (Phi) is 3.34. The molecule has 0 aliphatic rings. The molecule has 0 atom stereocenters.